The molecule has 2 rings (SSSR count). The Balaban J connectivity index is 2.62. The van der Waals surface area contributed by atoms with Crippen LogP contribution in [0.4, 0.5) is 0 Å². The number of rotatable bonds is 1. The van der Waals surface area contributed by atoms with Gasteiger partial charge in [0.2, 0.25) is 0 Å². The van der Waals surface area contributed by atoms with Crippen molar-refractivity contribution in [3.8, 4) is 11.5 Å². The lowest BCUT2D eigenvalue weighted by Crippen LogP contribution is -1.92. The van der Waals surface area contributed by atoms with Crippen molar-refractivity contribution in [1.82, 2.24) is 24.4 Å². The molecule has 0 amide bonds. The maximum Gasteiger partial charge on any atom is 0.195 e. The Hall–Kier alpha value is -1.08. The van der Waals surface area contributed by atoms with Crippen LogP contribution in [0.15, 0.2) is 5.38 Å². The van der Waals surface area contributed by atoms with Gasteiger partial charge in [0.05, 0.1) is 0 Å². The second-order valence-corrected chi connectivity index (χ2v) is 3.20. The van der Waals surface area contributed by atoms with Crippen LogP contribution in [0.2, 0.25) is 0 Å². The third-order valence-corrected chi connectivity index (χ3v) is 2.34. The molecule has 1 N–H and O–H groups in total. The summed E-state index contributed by atoms with van der Waals surface area (Å²) in [5.41, 5.74) is 0.745. The summed E-state index contributed by atoms with van der Waals surface area (Å²) < 4.78 is 6.08. The van der Waals surface area contributed by atoms with Gasteiger partial charge in [0.25, 0.3) is 0 Å². The molecule has 0 atom stereocenters. The average molecular weight is 199 g/mol. The second-order valence-electron chi connectivity index (χ2n) is 2.20. The van der Waals surface area contributed by atoms with Crippen LogP contribution in [0, 0.1) is 4.77 Å². The number of hydrogen-bond donors (Lipinski definition) is 1. The van der Waals surface area contributed by atoms with Crippen LogP contribution in [0.1, 0.15) is 0 Å². The van der Waals surface area contributed by atoms with E-state index in [4.69, 9.17) is 12.2 Å². The first kappa shape index (κ1) is 7.56. The molecule has 0 radical (unpaired) electrons. The van der Waals surface area contributed by atoms with E-state index in [1.807, 2.05) is 12.4 Å². The molecule has 0 unspecified atom stereocenters. The van der Waals surface area contributed by atoms with Gasteiger partial charge in [-0.05, 0) is 23.8 Å². The Kier molecular flexibility index (Phi) is 1.74. The molecule has 2 heterocycles. The Morgan fingerprint density at radius 3 is 3.00 bits per heavy atom. The molecule has 7 heteroatoms. The third kappa shape index (κ3) is 1.07. The smallest absolute Gasteiger partial charge is 0.195 e. The van der Waals surface area contributed by atoms with E-state index in [1.54, 1.807) is 4.57 Å². The van der Waals surface area contributed by atoms with E-state index in [9.17, 15) is 0 Å². The molecular formula is C5H5N5S2. The molecule has 12 heavy (non-hydrogen) atoms. The molecule has 5 nitrogen and oxygen atoms in total. The molecule has 0 saturated heterocycles. The zero-order valence-electron chi connectivity index (χ0n) is 6.18. The van der Waals surface area contributed by atoms with Crippen LogP contribution in [-0.4, -0.2) is 24.4 Å². The fourth-order valence-electron chi connectivity index (χ4n) is 0.838. The van der Waals surface area contributed by atoms with Crippen LogP contribution < -0.4 is 0 Å². The molecule has 0 aliphatic carbocycles. The van der Waals surface area contributed by atoms with Gasteiger partial charge in [-0.2, -0.15) is 5.10 Å². The second kappa shape index (κ2) is 2.76. The van der Waals surface area contributed by atoms with Crippen LogP contribution in [0.25, 0.3) is 11.5 Å². The van der Waals surface area contributed by atoms with Crippen molar-refractivity contribution in [2.45, 2.75) is 0 Å². The number of aromatic nitrogens is 5. The predicted octanol–water partition coefficient (Wildman–Crippen LogP) is 0.996. The number of hydrogen-bond acceptors (Lipinski definition) is 5. The molecule has 2 aromatic heterocycles. The topological polar surface area (TPSA) is 59.4 Å². The molecule has 0 aliphatic heterocycles. The Labute approximate surface area is 77.2 Å². The van der Waals surface area contributed by atoms with Crippen molar-refractivity contribution in [3.63, 3.8) is 0 Å². The SMILES string of the molecule is Cn1c(-c2csnn2)n[nH]c1=S. The monoisotopic (exact) mass is 199 g/mol. The van der Waals surface area contributed by atoms with Crippen molar-refractivity contribution in [3.05, 3.63) is 10.2 Å². The minimum Gasteiger partial charge on any atom is -0.302 e. The van der Waals surface area contributed by atoms with E-state index in [0.29, 0.717) is 10.6 Å². The molecular weight excluding hydrogens is 194 g/mol. The van der Waals surface area contributed by atoms with Crippen molar-refractivity contribution in [2.75, 3.05) is 0 Å². The highest BCUT2D eigenvalue weighted by Gasteiger charge is 2.07. The molecule has 0 fully saturated rings. The first-order valence-corrected chi connectivity index (χ1v) is 4.42. The number of nitrogens with one attached hydrogen (secondary N) is 1. The van der Waals surface area contributed by atoms with Gasteiger partial charge in [-0.25, -0.2) is 0 Å². The van der Waals surface area contributed by atoms with Gasteiger partial charge in [-0.3, -0.25) is 5.10 Å². The van der Waals surface area contributed by atoms with E-state index in [1.165, 1.54) is 11.5 Å². The standard InChI is InChI=1S/C5H5N5S2/c1-10-4(7-8-5(10)11)3-2-12-9-6-3/h2H,1H3,(H,8,11). The van der Waals surface area contributed by atoms with Crippen LogP contribution in [0.5, 0.6) is 0 Å². The van der Waals surface area contributed by atoms with Crippen molar-refractivity contribution >= 4 is 23.8 Å². The molecule has 0 bridgehead atoms. The van der Waals surface area contributed by atoms with Crippen LogP contribution in [-0.2, 0) is 7.05 Å². The van der Waals surface area contributed by atoms with Crippen LogP contribution >= 0.6 is 23.8 Å². The molecule has 0 spiro atoms. The fraction of sp³-hybridized carbons (Fsp3) is 0.200. The predicted molar refractivity (Wildman–Crippen MR) is 47.3 cm³/mol. The highest BCUT2D eigenvalue weighted by atomic mass is 32.1. The zero-order valence-corrected chi connectivity index (χ0v) is 7.82. The minimum atomic E-state index is 0.581. The van der Waals surface area contributed by atoms with E-state index in [0.717, 1.165) is 5.69 Å². The summed E-state index contributed by atoms with van der Waals surface area (Å²) in [6.45, 7) is 0. The molecule has 2 aromatic rings. The number of nitrogens with zero attached hydrogens (tertiary/aromatic N) is 4. The van der Waals surface area contributed by atoms with E-state index in [2.05, 4.69) is 19.8 Å². The number of aromatic amines is 1. The van der Waals surface area contributed by atoms with Gasteiger partial charge in [0, 0.05) is 12.4 Å². The maximum atomic E-state index is 4.95. The van der Waals surface area contributed by atoms with E-state index >= 15 is 0 Å². The Morgan fingerprint density at radius 1 is 1.67 bits per heavy atom. The lowest BCUT2D eigenvalue weighted by atomic mass is 10.5. The summed E-state index contributed by atoms with van der Waals surface area (Å²) in [5.74, 6) is 0.716. The molecule has 0 saturated carbocycles. The van der Waals surface area contributed by atoms with E-state index in [-0.39, 0.29) is 0 Å². The van der Waals surface area contributed by atoms with Gasteiger partial charge in [0.15, 0.2) is 10.6 Å². The fourth-order valence-corrected chi connectivity index (χ4v) is 1.40. The summed E-state index contributed by atoms with van der Waals surface area (Å²) in [4.78, 5) is 0. The summed E-state index contributed by atoms with van der Waals surface area (Å²) in [6.07, 6.45) is 0. The lowest BCUT2D eigenvalue weighted by molar-refractivity contribution is 0.895. The maximum absolute atomic E-state index is 4.95. The third-order valence-electron chi connectivity index (χ3n) is 1.47. The summed E-state index contributed by atoms with van der Waals surface area (Å²) >= 11 is 6.24. The minimum absolute atomic E-state index is 0.581. The van der Waals surface area contributed by atoms with Crippen molar-refractivity contribution in [1.29, 1.82) is 0 Å². The van der Waals surface area contributed by atoms with Crippen LogP contribution in [0.3, 0.4) is 0 Å². The normalized spacial score (nSPS) is 10.4. The lowest BCUT2D eigenvalue weighted by Gasteiger charge is -1.91. The summed E-state index contributed by atoms with van der Waals surface area (Å²) in [6, 6.07) is 0. The number of H-pyrrole nitrogens is 1. The first-order chi connectivity index (χ1) is 5.79. The molecule has 0 aliphatic rings. The van der Waals surface area contributed by atoms with Gasteiger partial charge < -0.3 is 4.57 Å². The van der Waals surface area contributed by atoms with Gasteiger partial charge >= 0.3 is 0 Å². The largest absolute Gasteiger partial charge is 0.302 e. The van der Waals surface area contributed by atoms with E-state index < -0.39 is 0 Å². The van der Waals surface area contributed by atoms with Gasteiger partial charge in [0.1, 0.15) is 5.69 Å². The summed E-state index contributed by atoms with van der Waals surface area (Å²) in [5, 5.41) is 12.4. The van der Waals surface area contributed by atoms with Crippen molar-refractivity contribution < 1.29 is 0 Å². The highest BCUT2D eigenvalue weighted by Crippen LogP contribution is 2.13. The highest BCUT2D eigenvalue weighted by molar-refractivity contribution is 7.71. The zero-order chi connectivity index (χ0) is 8.55. The quantitative estimate of drug-likeness (QED) is 0.696. The van der Waals surface area contributed by atoms with Gasteiger partial charge in [-0.15, -0.1) is 5.10 Å². The Bertz CT molecular complexity index is 425. The molecule has 0 aromatic carbocycles. The first-order valence-electron chi connectivity index (χ1n) is 3.18. The molecule has 62 valence electrons. The Morgan fingerprint density at radius 2 is 2.50 bits per heavy atom. The summed E-state index contributed by atoms with van der Waals surface area (Å²) in [7, 11) is 1.83. The van der Waals surface area contributed by atoms with Crippen molar-refractivity contribution in [2.24, 2.45) is 7.05 Å². The average Bonchev–Trinajstić information content (AvgIpc) is 2.64. The van der Waals surface area contributed by atoms with Gasteiger partial charge in [-0.1, -0.05) is 4.49 Å².